The Morgan fingerprint density at radius 2 is 2.00 bits per heavy atom. The zero-order valence-corrected chi connectivity index (χ0v) is 12.7. The lowest BCUT2D eigenvalue weighted by molar-refractivity contribution is 0.153. The van der Waals surface area contributed by atoms with E-state index >= 15 is 0 Å². The highest BCUT2D eigenvalue weighted by molar-refractivity contribution is 14.0. The van der Waals surface area contributed by atoms with Crippen molar-refractivity contribution < 1.29 is 4.74 Å². The molecule has 0 aromatic heterocycles. The van der Waals surface area contributed by atoms with Crippen LogP contribution in [0, 0.1) is 5.41 Å². The first-order valence-electron chi connectivity index (χ1n) is 4.93. The standard InChI is InChI=1S/C10H23N3O.HI/c1-10(2,6-7-14-5)8-13-9(11-3)12-4;/h6-8H2,1-5H3,(H2,11,12,13);1H. The van der Waals surface area contributed by atoms with Gasteiger partial charge < -0.3 is 15.4 Å². The van der Waals surface area contributed by atoms with Gasteiger partial charge in [-0.15, -0.1) is 24.0 Å². The summed E-state index contributed by atoms with van der Waals surface area (Å²) < 4.78 is 5.06. The summed E-state index contributed by atoms with van der Waals surface area (Å²) in [6.07, 6.45) is 1.04. The number of guanidine groups is 1. The minimum atomic E-state index is 0. The Labute approximate surface area is 110 Å². The number of nitrogens with zero attached hydrogens (tertiary/aromatic N) is 1. The van der Waals surface area contributed by atoms with Crippen molar-refractivity contribution in [2.45, 2.75) is 20.3 Å². The van der Waals surface area contributed by atoms with E-state index in [1.807, 2.05) is 7.05 Å². The molecule has 0 heterocycles. The van der Waals surface area contributed by atoms with Crippen LogP contribution in [-0.4, -0.2) is 40.3 Å². The molecule has 0 aromatic rings. The summed E-state index contributed by atoms with van der Waals surface area (Å²) in [5.74, 6) is 0.829. The molecule has 0 amide bonds. The Morgan fingerprint density at radius 3 is 2.40 bits per heavy atom. The number of hydrogen-bond acceptors (Lipinski definition) is 2. The summed E-state index contributed by atoms with van der Waals surface area (Å²) in [5.41, 5.74) is 0.225. The Balaban J connectivity index is 0. The van der Waals surface area contributed by atoms with Gasteiger partial charge in [-0.1, -0.05) is 13.8 Å². The molecule has 0 spiro atoms. The van der Waals surface area contributed by atoms with Gasteiger partial charge in [0.1, 0.15) is 0 Å². The third kappa shape index (κ3) is 8.92. The van der Waals surface area contributed by atoms with Crippen molar-refractivity contribution in [3.8, 4) is 0 Å². The van der Waals surface area contributed by atoms with Crippen molar-refractivity contribution in [2.75, 3.05) is 34.4 Å². The van der Waals surface area contributed by atoms with Crippen molar-refractivity contribution in [1.82, 2.24) is 10.6 Å². The molecule has 92 valence electrons. The molecule has 4 nitrogen and oxygen atoms in total. The molecular formula is C10H24IN3O. The second-order valence-electron chi connectivity index (χ2n) is 4.08. The lowest BCUT2D eigenvalue weighted by Crippen LogP contribution is -2.40. The number of hydrogen-bond donors (Lipinski definition) is 2. The first-order valence-corrected chi connectivity index (χ1v) is 4.93. The maximum Gasteiger partial charge on any atom is 0.190 e. The van der Waals surface area contributed by atoms with Gasteiger partial charge in [0.05, 0.1) is 0 Å². The Morgan fingerprint density at radius 1 is 1.40 bits per heavy atom. The van der Waals surface area contributed by atoms with Gasteiger partial charge in [0.15, 0.2) is 5.96 Å². The smallest absolute Gasteiger partial charge is 0.190 e. The number of rotatable bonds is 5. The minimum Gasteiger partial charge on any atom is -0.385 e. The number of methoxy groups -OCH3 is 1. The van der Waals surface area contributed by atoms with Crippen molar-refractivity contribution in [1.29, 1.82) is 0 Å². The van der Waals surface area contributed by atoms with Crippen LogP contribution in [0.25, 0.3) is 0 Å². The maximum absolute atomic E-state index is 5.06. The van der Waals surface area contributed by atoms with E-state index in [4.69, 9.17) is 4.74 Å². The molecule has 0 fully saturated rings. The lowest BCUT2D eigenvalue weighted by Gasteiger charge is -2.25. The number of ether oxygens (including phenoxy) is 1. The van der Waals surface area contributed by atoms with Crippen LogP contribution in [0.1, 0.15) is 20.3 Å². The Hall–Kier alpha value is -0.0400. The van der Waals surface area contributed by atoms with Crippen LogP contribution in [0.2, 0.25) is 0 Å². The van der Waals surface area contributed by atoms with E-state index in [0.717, 1.165) is 25.5 Å². The highest BCUT2D eigenvalue weighted by atomic mass is 127. The van der Waals surface area contributed by atoms with Gasteiger partial charge in [-0.2, -0.15) is 0 Å². The van der Waals surface area contributed by atoms with Gasteiger partial charge >= 0.3 is 0 Å². The van der Waals surface area contributed by atoms with Gasteiger partial charge in [0.2, 0.25) is 0 Å². The zero-order valence-electron chi connectivity index (χ0n) is 10.4. The van der Waals surface area contributed by atoms with E-state index in [0.29, 0.717) is 0 Å². The Kier molecular flexibility index (Phi) is 10.7. The fourth-order valence-electron chi connectivity index (χ4n) is 1.07. The molecule has 0 saturated carbocycles. The van der Waals surface area contributed by atoms with Crippen LogP contribution in [0.15, 0.2) is 4.99 Å². The van der Waals surface area contributed by atoms with Crippen LogP contribution < -0.4 is 10.6 Å². The third-order valence-corrected chi connectivity index (χ3v) is 2.18. The van der Waals surface area contributed by atoms with Crippen molar-refractivity contribution in [2.24, 2.45) is 10.4 Å². The summed E-state index contributed by atoms with van der Waals surface area (Å²) in [7, 11) is 5.36. The summed E-state index contributed by atoms with van der Waals surface area (Å²) >= 11 is 0. The van der Waals surface area contributed by atoms with Crippen LogP contribution >= 0.6 is 24.0 Å². The van der Waals surface area contributed by atoms with Gasteiger partial charge in [-0.25, -0.2) is 0 Å². The predicted octanol–water partition coefficient (Wildman–Crippen LogP) is 1.46. The first kappa shape index (κ1) is 17.4. The molecule has 0 aliphatic rings. The van der Waals surface area contributed by atoms with Gasteiger partial charge in [0.25, 0.3) is 0 Å². The second-order valence-corrected chi connectivity index (χ2v) is 4.08. The Bertz CT molecular complexity index is 184. The van der Waals surface area contributed by atoms with E-state index in [-0.39, 0.29) is 29.4 Å². The van der Waals surface area contributed by atoms with Crippen LogP contribution in [0.3, 0.4) is 0 Å². The van der Waals surface area contributed by atoms with Crippen molar-refractivity contribution in [3.63, 3.8) is 0 Å². The fourth-order valence-corrected chi connectivity index (χ4v) is 1.07. The molecule has 0 atom stereocenters. The third-order valence-electron chi connectivity index (χ3n) is 2.18. The molecule has 5 heteroatoms. The van der Waals surface area contributed by atoms with Gasteiger partial charge in [-0.3, -0.25) is 4.99 Å². The molecular weight excluding hydrogens is 305 g/mol. The molecule has 0 aliphatic carbocycles. The average molecular weight is 329 g/mol. The molecule has 15 heavy (non-hydrogen) atoms. The van der Waals surface area contributed by atoms with Gasteiger partial charge in [0, 0.05) is 34.4 Å². The van der Waals surface area contributed by atoms with E-state index < -0.39 is 0 Å². The zero-order chi connectivity index (χ0) is 11.0. The molecule has 0 rings (SSSR count). The molecule has 0 unspecified atom stereocenters. The van der Waals surface area contributed by atoms with Crippen molar-refractivity contribution in [3.05, 3.63) is 0 Å². The molecule has 0 bridgehead atoms. The second kappa shape index (κ2) is 9.21. The fraction of sp³-hybridized carbons (Fsp3) is 0.900. The van der Waals surface area contributed by atoms with E-state index in [1.54, 1.807) is 14.2 Å². The quantitative estimate of drug-likeness (QED) is 0.456. The summed E-state index contributed by atoms with van der Waals surface area (Å²) in [4.78, 5) is 4.05. The first-order chi connectivity index (χ1) is 6.55. The molecule has 0 radical (unpaired) electrons. The average Bonchev–Trinajstić information content (AvgIpc) is 2.16. The van der Waals surface area contributed by atoms with E-state index in [1.165, 1.54) is 0 Å². The van der Waals surface area contributed by atoms with E-state index in [9.17, 15) is 0 Å². The largest absolute Gasteiger partial charge is 0.385 e. The highest BCUT2D eigenvalue weighted by Gasteiger charge is 2.17. The van der Waals surface area contributed by atoms with Crippen molar-refractivity contribution >= 4 is 29.9 Å². The predicted molar refractivity (Wildman–Crippen MR) is 76.1 cm³/mol. The summed E-state index contributed by atoms with van der Waals surface area (Å²) in [6, 6.07) is 0. The van der Waals surface area contributed by atoms with Crippen LogP contribution in [0.5, 0.6) is 0 Å². The van der Waals surface area contributed by atoms with Crippen LogP contribution in [-0.2, 0) is 4.74 Å². The molecule has 2 N–H and O–H groups in total. The number of aliphatic imine (C=N–C) groups is 1. The SMILES string of the molecule is CN=C(NC)NCC(C)(C)CCOC.I. The topological polar surface area (TPSA) is 45.7 Å². The molecule has 0 aliphatic heterocycles. The minimum absolute atomic E-state index is 0. The summed E-state index contributed by atoms with van der Waals surface area (Å²) in [6.45, 7) is 6.11. The monoisotopic (exact) mass is 329 g/mol. The molecule has 0 aromatic carbocycles. The molecule has 0 saturated heterocycles. The highest BCUT2D eigenvalue weighted by Crippen LogP contribution is 2.18. The van der Waals surface area contributed by atoms with Crippen LogP contribution in [0.4, 0.5) is 0 Å². The number of nitrogens with one attached hydrogen (secondary N) is 2. The maximum atomic E-state index is 5.06. The van der Waals surface area contributed by atoms with E-state index in [2.05, 4.69) is 29.5 Å². The van der Waals surface area contributed by atoms with Gasteiger partial charge in [-0.05, 0) is 11.8 Å². The summed E-state index contributed by atoms with van der Waals surface area (Å²) in [5, 5.41) is 6.24. The normalized spacial score (nSPS) is 11.9. The lowest BCUT2D eigenvalue weighted by atomic mass is 9.90. The number of halogens is 1.